The van der Waals surface area contributed by atoms with E-state index in [2.05, 4.69) is 5.10 Å². The molecule has 0 bridgehead atoms. The Hall–Kier alpha value is -2.97. The van der Waals surface area contributed by atoms with Crippen molar-refractivity contribution >= 4 is 15.9 Å². The molecule has 4 rings (SSSR count). The Bertz CT molecular complexity index is 1210. The number of benzene rings is 2. The average Bonchev–Trinajstić information content (AvgIpc) is 3.30. The Morgan fingerprint density at radius 2 is 1.83 bits per heavy atom. The summed E-state index contributed by atoms with van der Waals surface area (Å²) in [4.78, 5) is 14.8. The third-order valence-corrected chi connectivity index (χ3v) is 6.46. The number of fused-ring (bicyclic) bond motifs is 1. The van der Waals surface area contributed by atoms with Gasteiger partial charge in [0.15, 0.2) is 5.69 Å². The van der Waals surface area contributed by atoms with Crippen LogP contribution in [0, 0.1) is 6.92 Å². The molecular weight excluding hydrogens is 400 g/mol. The Balaban J connectivity index is 1.66. The first-order valence-corrected chi connectivity index (χ1v) is 11.3. The van der Waals surface area contributed by atoms with E-state index in [9.17, 15) is 13.2 Å². The number of nitrogens with zero attached hydrogens (tertiary/aromatic N) is 3. The lowest BCUT2D eigenvalue weighted by atomic mass is 10.1. The summed E-state index contributed by atoms with van der Waals surface area (Å²) in [6.45, 7) is 2.15. The summed E-state index contributed by atoms with van der Waals surface area (Å²) >= 11 is 0. The van der Waals surface area contributed by atoms with E-state index < -0.39 is 10.0 Å². The molecule has 0 spiro atoms. The van der Waals surface area contributed by atoms with Gasteiger partial charge in [0.05, 0.1) is 10.6 Å². The number of primary sulfonamides is 1. The molecule has 2 aromatic carbocycles. The lowest BCUT2D eigenvalue weighted by Gasteiger charge is -2.18. The van der Waals surface area contributed by atoms with Gasteiger partial charge < -0.3 is 4.90 Å². The van der Waals surface area contributed by atoms with Crippen LogP contribution in [0.15, 0.2) is 53.4 Å². The Kier molecular flexibility index (Phi) is 5.21. The molecule has 3 aromatic rings. The van der Waals surface area contributed by atoms with Crippen LogP contribution in [0.4, 0.5) is 0 Å². The van der Waals surface area contributed by atoms with Gasteiger partial charge in [0.1, 0.15) is 0 Å². The fraction of sp³-hybridized carbons (Fsp3) is 0.273. The summed E-state index contributed by atoms with van der Waals surface area (Å²) in [7, 11) is -2.22. The number of rotatable bonds is 5. The maximum atomic E-state index is 13.2. The normalized spacial score (nSPS) is 13.3. The maximum Gasteiger partial charge on any atom is 0.274 e. The smallest absolute Gasteiger partial charge is 0.274 e. The number of carbonyl (C=O) groups excluding carboxylic acids is 1. The molecule has 0 fully saturated rings. The van der Waals surface area contributed by atoms with E-state index in [-0.39, 0.29) is 17.3 Å². The highest BCUT2D eigenvalue weighted by molar-refractivity contribution is 7.89. The maximum absolute atomic E-state index is 13.2. The number of amides is 1. The van der Waals surface area contributed by atoms with Crippen molar-refractivity contribution in [3.63, 3.8) is 0 Å². The van der Waals surface area contributed by atoms with Gasteiger partial charge in [-0.25, -0.2) is 18.2 Å². The largest absolute Gasteiger partial charge is 0.336 e. The van der Waals surface area contributed by atoms with Crippen LogP contribution in [-0.2, 0) is 29.4 Å². The molecule has 1 aliphatic rings. The number of aryl methyl sites for hydroxylation is 1. The minimum atomic E-state index is -3.87. The highest BCUT2D eigenvalue weighted by atomic mass is 32.2. The molecule has 0 aliphatic heterocycles. The first-order valence-electron chi connectivity index (χ1n) is 9.79. The van der Waals surface area contributed by atoms with E-state index in [4.69, 9.17) is 5.14 Å². The van der Waals surface area contributed by atoms with Crippen LogP contribution in [0.1, 0.15) is 39.3 Å². The third-order valence-electron chi connectivity index (χ3n) is 5.44. The number of aromatic nitrogens is 2. The fourth-order valence-electron chi connectivity index (χ4n) is 3.93. The molecule has 0 saturated heterocycles. The minimum absolute atomic E-state index is 0.0278. The molecule has 156 valence electrons. The summed E-state index contributed by atoms with van der Waals surface area (Å²) < 4.78 is 25.6. The predicted molar refractivity (Wildman–Crippen MR) is 114 cm³/mol. The van der Waals surface area contributed by atoms with Crippen LogP contribution in [0.5, 0.6) is 0 Å². The summed E-state index contributed by atoms with van der Waals surface area (Å²) in [6.07, 6.45) is 2.67. The van der Waals surface area contributed by atoms with Gasteiger partial charge in [-0.3, -0.25) is 4.79 Å². The Labute approximate surface area is 176 Å². The quantitative estimate of drug-likeness (QED) is 0.681. The zero-order chi connectivity index (χ0) is 21.5. The van der Waals surface area contributed by atoms with Crippen LogP contribution in [0.2, 0.25) is 0 Å². The van der Waals surface area contributed by atoms with E-state index in [1.54, 1.807) is 25.2 Å². The summed E-state index contributed by atoms with van der Waals surface area (Å²) in [5.74, 6) is -0.233. The molecule has 0 atom stereocenters. The molecule has 2 N–H and O–H groups in total. The summed E-state index contributed by atoms with van der Waals surface area (Å²) in [5.41, 5.74) is 5.05. The van der Waals surface area contributed by atoms with E-state index in [1.165, 1.54) is 11.0 Å². The number of sulfonamides is 1. The van der Waals surface area contributed by atoms with Gasteiger partial charge in [-0.05, 0) is 49.9 Å². The van der Waals surface area contributed by atoms with Crippen molar-refractivity contribution in [2.45, 2.75) is 37.6 Å². The van der Waals surface area contributed by atoms with Crippen LogP contribution < -0.4 is 5.14 Å². The van der Waals surface area contributed by atoms with E-state index in [1.807, 2.05) is 35.9 Å². The van der Waals surface area contributed by atoms with E-state index in [0.717, 1.165) is 41.8 Å². The molecule has 1 amide bonds. The van der Waals surface area contributed by atoms with Crippen LogP contribution in [0.25, 0.3) is 5.69 Å². The number of hydrogen-bond donors (Lipinski definition) is 1. The van der Waals surface area contributed by atoms with Crippen LogP contribution in [-0.4, -0.2) is 36.1 Å². The van der Waals surface area contributed by atoms with Crippen LogP contribution in [0.3, 0.4) is 0 Å². The molecule has 1 aliphatic carbocycles. The zero-order valence-corrected chi connectivity index (χ0v) is 17.8. The van der Waals surface area contributed by atoms with Gasteiger partial charge in [0, 0.05) is 24.8 Å². The number of carbonyl (C=O) groups is 1. The standard InChI is InChI=1S/C22H24N4O3S/c1-15-10-12-17(13-11-15)26-19-8-5-7-18(19)21(24-26)22(27)25(2)14-16-6-3-4-9-20(16)30(23,28)29/h3-4,6,9-13H,5,7-8,14H2,1-2H3,(H2,23,28,29). The van der Waals surface area contributed by atoms with Gasteiger partial charge >= 0.3 is 0 Å². The summed E-state index contributed by atoms with van der Waals surface area (Å²) in [6, 6.07) is 14.5. The van der Waals surface area contributed by atoms with Crippen molar-refractivity contribution in [2.75, 3.05) is 7.05 Å². The van der Waals surface area contributed by atoms with Gasteiger partial charge in [-0.15, -0.1) is 0 Å². The molecule has 30 heavy (non-hydrogen) atoms. The minimum Gasteiger partial charge on any atom is -0.336 e. The number of nitrogens with two attached hydrogens (primary N) is 1. The van der Waals surface area contributed by atoms with Crippen molar-refractivity contribution in [1.82, 2.24) is 14.7 Å². The van der Waals surface area contributed by atoms with Crippen molar-refractivity contribution in [3.05, 3.63) is 76.6 Å². The second-order valence-electron chi connectivity index (χ2n) is 7.69. The van der Waals surface area contributed by atoms with Gasteiger partial charge in [0.2, 0.25) is 10.0 Å². The van der Waals surface area contributed by atoms with Crippen molar-refractivity contribution < 1.29 is 13.2 Å². The monoisotopic (exact) mass is 424 g/mol. The fourth-order valence-corrected chi connectivity index (χ4v) is 4.70. The van der Waals surface area contributed by atoms with Gasteiger partial charge in [-0.2, -0.15) is 5.10 Å². The highest BCUT2D eigenvalue weighted by Crippen LogP contribution is 2.29. The van der Waals surface area contributed by atoms with Crippen molar-refractivity contribution in [1.29, 1.82) is 0 Å². The molecule has 1 aromatic heterocycles. The average molecular weight is 425 g/mol. The second kappa shape index (κ2) is 7.70. The molecule has 0 saturated carbocycles. The van der Waals surface area contributed by atoms with Gasteiger partial charge in [0.25, 0.3) is 5.91 Å². The summed E-state index contributed by atoms with van der Waals surface area (Å²) in [5, 5.41) is 9.97. The molecule has 1 heterocycles. The third kappa shape index (κ3) is 3.76. The topological polar surface area (TPSA) is 98.3 Å². The first kappa shape index (κ1) is 20.3. The molecule has 0 radical (unpaired) electrons. The van der Waals surface area contributed by atoms with Crippen LogP contribution >= 0.6 is 0 Å². The SMILES string of the molecule is Cc1ccc(-n2nc(C(=O)N(C)Cc3ccccc3S(N)(=O)=O)c3c2CCC3)cc1. The lowest BCUT2D eigenvalue weighted by Crippen LogP contribution is -2.28. The molecule has 7 nitrogen and oxygen atoms in total. The second-order valence-corrected chi connectivity index (χ2v) is 9.22. The van der Waals surface area contributed by atoms with Gasteiger partial charge in [-0.1, -0.05) is 35.9 Å². The molecule has 8 heteroatoms. The van der Waals surface area contributed by atoms with Crippen molar-refractivity contribution in [2.24, 2.45) is 5.14 Å². The lowest BCUT2D eigenvalue weighted by molar-refractivity contribution is 0.0776. The highest BCUT2D eigenvalue weighted by Gasteiger charge is 2.29. The zero-order valence-electron chi connectivity index (χ0n) is 17.0. The Morgan fingerprint density at radius 1 is 1.13 bits per heavy atom. The first-order chi connectivity index (χ1) is 14.3. The molecular formula is C22H24N4O3S. The van der Waals surface area contributed by atoms with E-state index >= 15 is 0 Å². The van der Waals surface area contributed by atoms with Crippen molar-refractivity contribution in [3.8, 4) is 5.69 Å². The van der Waals surface area contributed by atoms with E-state index in [0.29, 0.717) is 11.3 Å². The predicted octanol–water partition coefficient (Wildman–Crippen LogP) is 2.59. The molecule has 0 unspecified atom stereocenters. The Morgan fingerprint density at radius 3 is 2.53 bits per heavy atom. The number of hydrogen-bond acceptors (Lipinski definition) is 4.